The van der Waals surface area contributed by atoms with Crippen molar-refractivity contribution in [1.82, 2.24) is 0 Å². The van der Waals surface area contributed by atoms with Gasteiger partial charge in [-0.05, 0) is 92.1 Å². The van der Waals surface area contributed by atoms with Crippen molar-refractivity contribution in [2.24, 2.45) is 0 Å². The Hall–Kier alpha value is -6.62. The normalized spacial score (nSPS) is 18.5. The van der Waals surface area contributed by atoms with Crippen molar-refractivity contribution in [3.8, 4) is 46.5 Å². The molecule has 0 amide bonds. The van der Waals surface area contributed by atoms with Crippen LogP contribution in [0, 0.1) is 45.3 Å². The molecule has 0 N–H and O–H groups in total. The molecule has 0 aromatic heterocycles. The van der Waals surface area contributed by atoms with Gasteiger partial charge in [-0.15, -0.1) is 0 Å². The van der Waals surface area contributed by atoms with Crippen molar-refractivity contribution in [3.05, 3.63) is 153 Å². The standard InChI is InChI=1S/C41H20F6N4/c1-39-34-14-7-25(23-4-10-29(11-5-23)41(45,46)47)17-33(34)37(27(20-50)21-51)35(39)15-13-31-36(26(18-48)19-49)32-16-24(6-12-30(32)38(31)39)22-2-8-28(9-3-22)40(42,43)44/h2-17,38H,1H3/t38?,39-/m1/s1. The highest BCUT2D eigenvalue weighted by atomic mass is 19.4. The van der Waals surface area contributed by atoms with Crippen LogP contribution >= 0.6 is 0 Å². The maximum absolute atomic E-state index is 13.3. The van der Waals surface area contributed by atoms with Gasteiger partial charge in [0.25, 0.3) is 0 Å². The quantitative estimate of drug-likeness (QED) is 0.155. The van der Waals surface area contributed by atoms with E-state index in [0.29, 0.717) is 55.7 Å². The van der Waals surface area contributed by atoms with Crippen molar-refractivity contribution >= 4 is 11.1 Å². The molecule has 0 aliphatic heterocycles. The Kier molecular flexibility index (Phi) is 7.41. The Morgan fingerprint density at radius 2 is 1.02 bits per heavy atom. The summed E-state index contributed by atoms with van der Waals surface area (Å²) >= 11 is 0. The number of benzene rings is 4. The smallest absolute Gasteiger partial charge is 0.192 e. The minimum absolute atomic E-state index is 0.156. The van der Waals surface area contributed by atoms with Crippen molar-refractivity contribution in [2.45, 2.75) is 30.6 Å². The first-order valence-electron chi connectivity index (χ1n) is 15.4. The summed E-state index contributed by atoms with van der Waals surface area (Å²) in [6, 6.07) is 28.0. The highest BCUT2D eigenvalue weighted by molar-refractivity contribution is 6.02. The first kappa shape index (κ1) is 32.9. The van der Waals surface area contributed by atoms with E-state index in [1.54, 1.807) is 36.4 Å². The van der Waals surface area contributed by atoms with Crippen LogP contribution in [-0.2, 0) is 17.8 Å². The molecule has 2 atom stereocenters. The summed E-state index contributed by atoms with van der Waals surface area (Å²) < 4.78 is 79.6. The first-order chi connectivity index (χ1) is 24.3. The van der Waals surface area contributed by atoms with Gasteiger partial charge in [0.05, 0.1) is 11.1 Å². The van der Waals surface area contributed by atoms with Gasteiger partial charge in [-0.1, -0.05) is 67.6 Å². The maximum atomic E-state index is 13.3. The molecular weight excluding hydrogens is 662 g/mol. The zero-order valence-corrected chi connectivity index (χ0v) is 26.4. The minimum Gasteiger partial charge on any atom is -0.192 e. The van der Waals surface area contributed by atoms with E-state index in [2.05, 4.69) is 0 Å². The van der Waals surface area contributed by atoms with Crippen LogP contribution in [0.5, 0.6) is 0 Å². The van der Waals surface area contributed by atoms with E-state index in [1.165, 1.54) is 24.3 Å². The number of halogens is 6. The van der Waals surface area contributed by atoms with Gasteiger partial charge in [0.2, 0.25) is 0 Å². The number of nitriles is 4. The molecule has 51 heavy (non-hydrogen) atoms. The SMILES string of the molecule is C[C@@]12C(=CC=C3C(=C(C#N)C#N)c4cc(-c5ccc(C(F)(F)F)cc5)ccc4C31)C(=C(C#N)C#N)c1cc(-c3ccc(C(F)(F)F)cc3)ccc12. The maximum Gasteiger partial charge on any atom is 0.416 e. The molecule has 3 aliphatic carbocycles. The molecule has 1 unspecified atom stereocenters. The van der Waals surface area contributed by atoms with Crippen LogP contribution < -0.4 is 0 Å². The molecule has 0 fully saturated rings. The zero-order chi connectivity index (χ0) is 36.5. The van der Waals surface area contributed by atoms with Crippen LogP contribution in [0.1, 0.15) is 46.2 Å². The van der Waals surface area contributed by atoms with Crippen LogP contribution in [0.4, 0.5) is 26.3 Å². The number of hydrogen-bond acceptors (Lipinski definition) is 4. The summed E-state index contributed by atoms with van der Waals surface area (Å²) in [5, 5.41) is 40.3. The molecule has 10 heteroatoms. The third kappa shape index (κ3) is 4.96. The van der Waals surface area contributed by atoms with Crippen molar-refractivity contribution in [3.63, 3.8) is 0 Å². The molecule has 0 spiro atoms. The second-order valence-corrected chi connectivity index (χ2v) is 12.5. The topological polar surface area (TPSA) is 95.2 Å². The molecule has 0 radical (unpaired) electrons. The predicted octanol–water partition coefficient (Wildman–Crippen LogP) is 10.6. The van der Waals surface area contributed by atoms with E-state index in [0.717, 1.165) is 35.4 Å². The molecule has 0 saturated heterocycles. The largest absolute Gasteiger partial charge is 0.416 e. The van der Waals surface area contributed by atoms with Gasteiger partial charge in [-0.3, -0.25) is 0 Å². The molecule has 0 bridgehead atoms. The van der Waals surface area contributed by atoms with E-state index >= 15 is 0 Å². The summed E-state index contributed by atoms with van der Waals surface area (Å²) in [4.78, 5) is 0. The highest BCUT2D eigenvalue weighted by Gasteiger charge is 2.55. The van der Waals surface area contributed by atoms with E-state index in [1.807, 2.05) is 43.3 Å². The fourth-order valence-corrected chi connectivity index (χ4v) is 7.67. The molecular formula is C41H20F6N4. The zero-order valence-electron chi connectivity index (χ0n) is 26.4. The third-order valence-electron chi connectivity index (χ3n) is 9.96. The van der Waals surface area contributed by atoms with Gasteiger partial charge >= 0.3 is 12.4 Å². The fraction of sp³-hybridized carbons (Fsp3) is 0.122. The lowest BCUT2D eigenvalue weighted by molar-refractivity contribution is -0.138. The van der Waals surface area contributed by atoms with Gasteiger partial charge in [0, 0.05) is 22.5 Å². The molecule has 0 heterocycles. The average Bonchev–Trinajstić information content (AvgIpc) is 3.58. The minimum atomic E-state index is -4.51. The summed E-state index contributed by atoms with van der Waals surface area (Å²) in [6.45, 7) is 1.95. The average molecular weight is 683 g/mol. The third-order valence-corrected chi connectivity index (χ3v) is 9.96. The van der Waals surface area contributed by atoms with E-state index in [4.69, 9.17) is 0 Å². The summed E-state index contributed by atoms with van der Waals surface area (Å²) in [6.07, 6.45) is -5.49. The second kappa shape index (κ2) is 11.5. The van der Waals surface area contributed by atoms with Crippen molar-refractivity contribution in [1.29, 1.82) is 21.0 Å². The number of nitrogens with zero attached hydrogens (tertiary/aromatic N) is 4. The van der Waals surface area contributed by atoms with Crippen molar-refractivity contribution in [2.75, 3.05) is 0 Å². The van der Waals surface area contributed by atoms with E-state index in [-0.39, 0.29) is 11.1 Å². The summed E-state index contributed by atoms with van der Waals surface area (Å²) in [7, 11) is 0. The lowest BCUT2D eigenvalue weighted by Crippen LogP contribution is -2.31. The summed E-state index contributed by atoms with van der Waals surface area (Å²) in [5.74, 6) is -0.521. The van der Waals surface area contributed by atoms with Crippen LogP contribution in [0.25, 0.3) is 33.4 Å². The molecule has 4 aromatic rings. The Balaban J connectivity index is 1.43. The van der Waals surface area contributed by atoms with Crippen molar-refractivity contribution < 1.29 is 26.3 Å². The van der Waals surface area contributed by atoms with Gasteiger partial charge < -0.3 is 0 Å². The fourth-order valence-electron chi connectivity index (χ4n) is 7.67. The number of alkyl halides is 6. The Labute approximate surface area is 288 Å². The van der Waals surface area contributed by atoms with E-state index < -0.39 is 34.8 Å². The highest BCUT2D eigenvalue weighted by Crippen LogP contribution is 2.66. The van der Waals surface area contributed by atoms with Gasteiger partial charge in [0.1, 0.15) is 35.4 Å². The van der Waals surface area contributed by atoms with Gasteiger partial charge in [0.15, 0.2) is 0 Å². The van der Waals surface area contributed by atoms with Crippen LogP contribution in [0.3, 0.4) is 0 Å². The van der Waals surface area contributed by atoms with Crippen LogP contribution in [0.15, 0.2) is 119 Å². The lowest BCUT2D eigenvalue weighted by Gasteiger charge is -2.38. The molecule has 3 aliphatic rings. The molecule has 4 nitrogen and oxygen atoms in total. The van der Waals surface area contributed by atoms with Crippen LogP contribution in [0.2, 0.25) is 0 Å². The molecule has 0 saturated carbocycles. The predicted molar refractivity (Wildman–Crippen MR) is 176 cm³/mol. The number of rotatable bonds is 2. The Morgan fingerprint density at radius 1 is 0.569 bits per heavy atom. The lowest BCUT2D eigenvalue weighted by atomic mass is 9.63. The molecule has 246 valence electrons. The van der Waals surface area contributed by atoms with Gasteiger partial charge in [-0.2, -0.15) is 47.4 Å². The second-order valence-electron chi connectivity index (χ2n) is 12.5. The summed E-state index contributed by atoms with van der Waals surface area (Å²) in [5.41, 5.74) is 3.87. The number of hydrogen-bond donors (Lipinski definition) is 0. The monoisotopic (exact) mass is 682 g/mol. The van der Waals surface area contributed by atoms with E-state index in [9.17, 15) is 47.4 Å². The number of fused-ring (bicyclic) bond motifs is 7. The number of allylic oxidation sites excluding steroid dienone is 8. The molecule has 7 rings (SSSR count). The first-order valence-corrected chi connectivity index (χ1v) is 15.4. The van der Waals surface area contributed by atoms with Gasteiger partial charge in [-0.25, -0.2) is 0 Å². The Morgan fingerprint density at radius 3 is 1.51 bits per heavy atom. The Bertz CT molecular complexity index is 2450. The molecule has 4 aromatic carbocycles. The van der Waals surface area contributed by atoms with Crippen LogP contribution in [-0.4, -0.2) is 0 Å².